The van der Waals surface area contributed by atoms with Crippen molar-refractivity contribution in [2.45, 2.75) is 249 Å². The maximum Gasteiger partial charge on any atom is 0.404 e. The number of para-hydroxylation sites is 4. The highest BCUT2D eigenvalue weighted by atomic mass is 19.4. The summed E-state index contributed by atoms with van der Waals surface area (Å²) >= 11 is 0. The van der Waals surface area contributed by atoms with Gasteiger partial charge in [0.1, 0.15) is 23.3 Å². The van der Waals surface area contributed by atoms with Crippen molar-refractivity contribution >= 4 is 66.9 Å². The van der Waals surface area contributed by atoms with Gasteiger partial charge in [-0.15, -0.1) is 0 Å². The minimum Gasteiger partial charge on any atom is -0.496 e. The van der Waals surface area contributed by atoms with Crippen molar-refractivity contribution in [1.29, 1.82) is 0 Å². The number of aryl methyl sites for hydroxylation is 5. The molecule has 4 aliphatic rings. The average Bonchev–Trinajstić information content (AvgIpc) is 1.62. The van der Waals surface area contributed by atoms with Crippen molar-refractivity contribution < 1.29 is 46.6 Å². The largest absolute Gasteiger partial charge is 0.496 e. The molecule has 4 aromatic carbocycles. The highest BCUT2D eigenvalue weighted by Gasteiger charge is 2.47. The lowest BCUT2D eigenvalue weighted by Crippen LogP contribution is -2.49. The first-order valence-corrected chi connectivity index (χ1v) is 48.4. The minimum absolute atomic E-state index is 0.0202. The first kappa shape index (κ1) is 101. The van der Waals surface area contributed by atoms with Crippen LogP contribution in [-0.2, 0) is 25.8 Å². The van der Waals surface area contributed by atoms with Crippen molar-refractivity contribution in [3.8, 4) is 17.2 Å². The number of aromatic nitrogens is 8. The Morgan fingerprint density at radius 1 is 0.415 bits per heavy atom. The van der Waals surface area contributed by atoms with Crippen molar-refractivity contribution in [1.82, 2.24) is 58.2 Å². The van der Waals surface area contributed by atoms with E-state index in [4.69, 9.17) is 14.2 Å². The molecule has 0 spiro atoms. The van der Waals surface area contributed by atoms with Gasteiger partial charge in [0.25, 0.3) is 28.1 Å². The number of pyridine rings is 4. The number of nitrogens with one attached hydrogen (secondary N) is 5. The normalized spacial score (nSPS) is 17.1. The highest BCUT2D eigenvalue weighted by Crippen LogP contribution is 2.45. The molecular formula is C109H139F3N12O11. The van der Waals surface area contributed by atoms with Crippen LogP contribution in [0.4, 0.5) is 13.2 Å². The lowest BCUT2D eigenvalue weighted by atomic mass is 9.84. The van der Waals surface area contributed by atoms with Crippen LogP contribution in [0.5, 0.6) is 17.2 Å². The summed E-state index contributed by atoms with van der Waals surface area (Å²) in [6.07, 6.45) is 9.09. The summed E-state index contributed by atoms with van der Waals surface area (Å²) in [4.78, 5) is 121. The zero-order valence-corrected chi connectivity index (χ0v) is 82.5. The fourth-order valence-corrected chi connectivity index (χ4v) is 22.4. The molecule has 722 valence electrons. The van der Waals surface area contributed by atoms with Crippen LogP contribution in [0.2, 0.25) is 0 Å². The molecule has 6 atom stereocenters. The van der Waals surface area contributed by atoms with E-state index in [2.05, 4.69) is 135 Å². The molecule has 3 aliphatic heterocycles. The fourth-order valence-electron chi connectivity index (χ4n) is 22.4. The SMILES string of the molecule is CCN1CCC(C(C)n2c(C)c(C(=O)NCc3c(C)cc(C)[nH]c3=O)c3ccccc32)CC1.COc1cc(C)[nH]c(=O)c1CCC(=O)c1c(C)n([C@H](C)C2CCCCC2)c2ccccc12.COc1cc(C)[nH]c(=O)c1CCC(=O)c1c(C)n([C@H](C)C2CCN(C)CC2)c2ccccc12.COc1cc(C)[nH]c(=O)c1CCC(=O)c1c(C)n([C@H](C)[C@@H]2CCN(C)[C@@H](C(F)(F)F)C2)c2ccccc12. The quantitative estimate of drug-likeness (QED) is 0.0300. The number of rotatable bonds is 27. The number of carbonyl (C=O) groups excluding carboxylic acids is 4. The van der Waals surface area contributed by atoms with Gasteiger partial charge >= 0.3 is 6.18 Å². The van der Waals surface area contributed by atoms with Gasteiger partial charge in [0.2, 0.25) is 0 Å². The summed E-state index contributed by atoms with van der Waals surface area (Å²) in [7, 11) is 8.32. The predicted octanol–water partition coefficient (Wildman–Crippen LogP) is 20.7. The third kappa shape index (κ3) is 22.1. The number of methoxy groups -OCH3 is 3. The molecule has 16 rings (SSSR count). The number of piperidine rings is 3. The summed E-state index contributed by atoms with van der Waals surface area (Å²) in [5, 5.41) is 6.79. The Labute approximate surface area is 790 Å². The number of alkyl halides is 3. The molecule has 11 heterocycles. The number of fused-ring (bicyclic) bond motifs is 4. The van der Waals surface area contributed by atoms with Gasteiger partial charge in [0, 0.05) is 161 Å². The third-order valence-electron chi connectivity index (χ3n) is 29.9. The maximum absolute atomic E-state index is 13.7. The van der Waals surface area contributed by atoms with E-state index in [0.29, 0.717) is 118 Å². The average molecular weight is 1850 g/mol. The van der Waals surface area contributed by atoms with Gasteiger partial charge in [0.05, 0.1) is 43.6 Å². The summed E-state index contributed by atoms with van der Waals surface area (Å²) in [6.45, 7) is 34.5. The Morgan fingerprint density at radius 3 is 1.07 bits per heavy atom. The van der Waals surface area contributed by atoms with Gasteiger partial charge in [-0.3, -0.25) is 43.3 Å². The monoisotopic (exact) mass is 1850 g/mol. The van der Waals surface area contributed by atoms with E-state index >= 15 is 0 Å². The van der Waals surface area contributed by atoms with Crippen LogP contribution < -0.4 is 41.8 Å². The van der Waals surface area contributed by atoms with E-state index in [1.54, 1.807) is 27.2 Å². The van der Waals surface area contributed by atoms with Crippen LogP contribution in [0, 0.1) is 86.0 Å². The van der Waals surface area contributed by atoms with Gasteiger partial charge < -0.3 is 67.5 Å². The lowest BCUT2D eigenvalue weighted by Gasteiger charge is -2.40. The molecule has 1 amide bonds. The number of likely N-dealkylation sites (tertiary alicyclic amines) is 3. The van der Waals surface area contributed by atoms with E-state index in [9.17, 15) is 51.5 Å². The van der Waals surface area contributed by atoms with Gasteiger partial charge in [0.15, 0.2) is 17.3 Å². The summed E-state index contributed by atoms with van der Waals surface area (Å²) in [6, 6.07) is 38.8. The number of nitrogens with zero attached hydrogens (tertiary/aromatic N) is 7. The number of H-pyrrole nitrogens is 4. The number of ketones is 3. The molecule has 12 aromatic rings. The second-order valence-electron chi connectivity index (χ2n) is 38.4. The molecule has 4 fully saturated rings. The Bertz CT molecular complexity index is 6530. The molecule has 8 aromatic heterocycles. The van der Waals surface area contributed by atoms with Crippen LogP contribution in [0.1, 0.15) is 263 Å². The highest BCUT2D eigenvalue weighted by molar-refractivity contribution is 6.12. The van der Waals surface area contributed by atoms with Crippen LogP contribution in [0.15, 0.2) is 141 Å². The van der Waals surface area contributed by atoms with Crippen LogP contribution in [0.3, 0.4) is 0 Å². The predicted molar refractivity (Wildman–Crippen MR) is 533 cm³/mol. The van der Waals surface area contributed by atoms with Gasteiger partial charge in [-0.2, -0.15) is 13.2 Å². The molecule has 0 bridgehead atoms. The number of amides is 1. The number of hydrogen-bond donors (Lipinski definition) is 5. The van der Waals surface area contributed by atoms with Crippen molar-refractivity contribution in [2.75, 3.05) is 74.7 Å². The van der Waals surface area contributed by atoms with Crippen LogP contribution in [0.25, 0.3) is 43.6 Å². The van der Waals surface area contributed by atoms with Crippen LogP contribution in [-0.4, -0.2) is 163 Å². The number of Topliss-reactive ketones (excluding diaryl/α,β-unsaturated/α-hetero) is 3. The number of carbonyl (C=O) groups is 4. The van der Waals surface area contributed by atoms with Gasteiger partial charge in [-0.25, -0.2) is 0 Å². The summed E-state index contributed by atoms with van der Waals surface area (Å²) < 4.78 is 66.4. The third-order valence-corrected chi connectivity index (χ3v) is 29.9. The van der Waals surface area contributed by atoms with Crippen molar-refractivity contribution in [3.63, 3.8) is 0 Å². The summed E-state index contributed by atoms with van der Waals surface area (Å²) in [5.74, 6) is 3.09. The van der Waals surface area contributed by atoms with Crippen molar-refractivity contribution in [3.05, 3.63) is 258 Å². The number of hydrogen-bond acceptors (Lipinski definition) is 14. The Kier molecular flexibility index (Phi) is 32.9. The number of benzene rings is 4. The first-order valence-electron chi connectivity index (χ1n) is 48.4. The topological polar surface area (TPSA) is 269 Å². The van der Waals surface area contributed by atoms with E-state index < -0.39 is 12.2 Å². The second kappa shape index (κ2) is 44.0. The molecule has 1 unspecified atom stereocenters. The van der Waals surface area contributed by atoms with Gasteiger partial charge in [-0.05, 0) is 292 Å². The standard InChI is InChI=1S/C28H34F3N3O3.C27H36N4O2.C27H35N3O3.C27H34N2O3/c1-16-14-24(37-5)21(27(36)32-16)10-11-23(35)26-18(3)34(22-9-7-6-8-20(22)26)17(2)19-12-13-33(4)25(15-19)28(29,30)31;1-6-30-13-11-21(12-14-30)19(4)31-20(5)25(22-9-7-8-10-24(22)31)27(33)28-16-23-17(2)15-18(3)29-26(23)32;1-17-16-25(33-5)22(27(32)28-17)10-11-24(31)26-19(3)30(23-9-7-6-8-21(23)26)18(2)20-12-14-29(4)15-13-20;1-17-16-25(32-4)22(27(31)28-17)14-15-24(30)26-19(3)29(23-13-9-8-12-21(23)26)18(2)20-10-6-5-7-11-20/h6-9,14,17,19,25H,10-13,15H2,1-5H3,(H,32,36);7-10,15,19,21H,6,11-14,16H2,1-5H3,(H,28,33)(H,29,32);6-9,16,18,20H,10-15H2,1-5H3,(H,28,32);8-9,12-13,16,18,20H,5-7,10-11,14-15H2,1-4H3,(H,28,31)/t17-,19-,25-;;2*18-/m1.11/s1. The molecule has 3 saturated heterocycles. The lowest BCUT2D eigenvalue weighted by molar-refractivity contribution is -0.192. The number of ether oxygens (including phenoxy) is 3. The van der Waals surface area contributed by atoms with E-state index in [1.165, 1.54) is 76.8 Å². The van der Waals surface area contributed by atoms with Crippen molar-refractivity contribution in [2.24, 2.45) is 23.7 Å². The Balaban J connectivity index is 0.000000153. The van der Waals surface area contributed by atoms with Gasteiger partial charge in [-0.1, -0.05) is 99.0 Å². The number of halogens is 3. The van der Waals surface area contributed by atoms with E-state index in [1.807, 2.05) is 131 Å². The summed E-state index contributed by atoms with van der Waals surface area (Å²) in [5.41, 5.74) is 16.0. The van der Waals surface area contributed by atoms with E-state index in [0.717, 1.165) is 133 Å². The molecule has 26 heteroatoms. The molecule has 1 saturated carbocycles. The second-order valence-corrected chi connectivity index (χ2v) is 38.4. The fraction of sp³-hybridized carbons (Fsp3) is 0.486. The van der Waals surface area contributed by atoms with E-state index in [-0.39, 0.29) is 96.1 Å². The molecule has 5 N–H and O–H groups in total. The Morgan fingerprint density at radius 2 is 0.726 bits per heavy atom. The molecule has 135 heavy (non-hydrogen) atoms. The van der Waals surface area contributed by atoms with Crippen LogP contribution >= 0.6 is 0 Å². The first-order chi connectivity index (χ1) is 64.5. The minimum atomic E-state index is -4.28. The molecule has 23 nitrogen and oxygen atoms in total. The molecule has 1 aliphatic carbocycles. The smallest absolute Gasteiger partial charge is 0.404 e. The zero-order chi connectivity index (χ0) is 97.3. The molecule has 0 radical (unpaired) electrons. The zero-order valence-electron chi connectivity index (χ0n) is 82.5. The molecular weight excluding hydrogens is 1710 g/mol. The number of aromatic amines is 4. The maximum atomic E-state index is 13.7. The Hall–Kier alpha value is -11.6.